The lowest BCUT2D eigenvalue weighted by Crippen LogP contribution is -2.43. The van der Waals surface area contributed by atoms with Crippen molar-refractivity contribution in [3.63, 3.8) is 0 Å². The van der Waals surface area contributed by atoms with Gasteiger partial charge in [0.05, 0.1) is 12.4 Å². The smallest absolute Gasteiger partial charge is 0.308 e. The molecule has 1 unspecified atom stereocenters. The molecule has 0 aliphatic rings. The van der Waals surface area contributed by atoms with Crippen molar-refractivity contribution >= 4 is 22.8 Å². The minimum atomic E-state index is -1.24. The number of aliphatic carboxylic acids is 2. The standard InChI is InChI=1S/C8H14O4S/c1-3-13(4-2)6(8(11)12)5-7(9)10/h6H,3-5H2,1-2H3,(H-,9,10,11,12). The highest BCUT2D eigenvalue weighted by Crippen LogP contribution is 2.10. The molecule has 0 aromatic heterocycles. The summed E-state index contributed by atoms with van der Waals surface area (Å²) >= 11 is 0. The largest absolute Gasteiger partial charge is 0.545 e. The predicted octanol–water partition coefficient (Wildman–Crippen LogP) is -0.762. The van der Waals surface area contributed by atoms with Gasteiger partial charge < -0.3 is 15.0 Å². The number of rotatable bonds is 6. The second-order valence-electron chi connectivity index (χ2n) is 2.52. The monoisotopic (exact) mass is 206 g/mol. The predicted molar refractivity (Wildman–Crippen MR) is 49.5 cm³/mol. The molecule has 5 heteroatoms. The fourth-order valence-corrected chi connectivity index (χ4v) is 2.97. The van der Waals surface area contributed by atoms with Crippen LogP contribution in [0.25, 0.3) is 0 Å². The maximum absolute atomic E-state index is 10.6. The fourth-order valence-electron chi connectivity index (χ4n) is 1.10. The van der Waals surface area contributed by atoms with Crippen LogP contribution >= 0.6 is 0 Å². The molecule has 1 N–H and O–H groups in total. The molecule has 1 atom stereocenters. The summed E-state index contributed by atoms with van der Waals surface area (Å²) < 4.78 is 0. The van der Waals surface area contributed by atoms with Crippen LogP contribution in [-0.4, -0.2) is 33.8 Å². The molecular weight excluding hydrogens is 192 g/mol. The number of carboxylic acids is 2. The van der Waals surface area contributed by atoms with Gasteiger partial charge in [-0.25, -0.2) is 0 Å². The highest BCUT2D eigenvalue weighted by atomic mass is 32.2. The van der Waals surface area contributed by atoms with E-state index in [1.165, 1.54) is 0 Å². The van der Waals surface area contributed by atoms with Crippen LogP contribution in [0.5, 0.6) is 0 Å². The topological polar surface area (TPSA) is 77.4 Å². The van der Waals surface area contributed by atoms with E-state index in [0.717, 1.165) is 0 Å². The SMILES string of the molecule is CC[S+](CC)C(CC(=O)O)C(=O)[O-]. The van der Waals surface area contributed by atoms with Gasteiger partial charge >= 0.3 is 5.97 Å². The molecule has 0 fully saturated rings. The van der Waals surface area contributed by atoms with Crippen molar-refractivity contribution < 1.29 is 19.8 Å². The zero-order valence-corrected chi connectivity index (χ0v) is 8.60. The molecule has 0 spiro atoms. The average Bonchev–Trinajstić information content (AvgIpc) is 2.04. The van der Waals surface area contributed by atoms with Crippen molar-refractivity contribution in [2.45, 2.75) is 25.5 Å². The van der Waals surface area contributed by atoms with Gasteiger partial charge in [-0.1, -0.05) is 0 Å². The van der Waals surface area contributed by atoms with Crippen LogP contribution in [0, 0.1) is 0 Å². The van der Waals surface area contributed by atoms with Crippen LogP contribution in [0.2, 0.25) is 0 Å². The van der Waals surface area contributed by atoms with Gasteiger partial charge in [-0.3, -0.25) is 4.79 Å². The Morgan fingerprint density at radius 1 is 1.38 bits per heavy atom. The van der Waals surface area contributed by atoms with Crippen LogP contribution in [-0.2, 0) is 20.5 Å². The Bertz CT molecular complexity index is 189. The number of hydrogen-bond acceptors (Lipinski definition) is 3. The summed E-state index contributed by atoms with van der Waals surface area (Å²) in [6.45, 7) is 3.73. The third kappa shape index (κ3) is 4.17. The molecule has 13 heavy (non-hydrogen) atoms. The molecule has 0 aliphatic carbocycles. The van der Waals surface area contributed by atoms with Crippen LogP contribution in [0.3, 0.4) is 0 Å². The van der Waals surface area contributed by atoms with Crippen molar-refractivity contribution in [1.29, 1.82) is 0 Å². The Kier molecular flexibility index (Phi) is 5.53. The Morgan fingerprint density at radius 2 is 1.85 bits per heavy atom. The van der Waals surface area contributed by atoms with E-state index >= 15 is 0 Å². The lowest BCUT2D eigenvalue weighted by Gasteiger charge is -2.16. The first kappa shape index (κ1) is 12.3. The molecule has 0 rings (SSSR count). The van der Waals surface area contributed by atoms with E-state index in [1.807, 2.05) is 13.8 Å². The molecule has 76 valence electrons. The molecule has 0 saturated heterocycles. The summed E-state index contributed by atoms with van der Waals surface area (Å²) in [5.74, 6) is -0.923. The maximum Gasteiger partial charge on any atom is 0.308 e. The number of hydrogen-bond donors (Lipinski definition) is 1. The normalized spacial score (nSPS) is 12.8. The summed E-state index contributed by atoms with van der Waals surface area (Å²) in [6.07, 6.45) is -0.326. The van der Waals surface area contributed by atoms with E-state index in [-0.39, 0.29) is 17.3 Å². The summed E-state index contributed by atoms with van der Waals surface area (Å²) in [5.41, 5.74) is 0. The summed E-state index contributed by atoms with van der Waals surface area (Å²) in [6, 6.07) is 0. The molecule has 0 aliphatic heterocycles. The zero-order chi connectivity index (χ0) is 10.4. The second kappa shape index (κ2) is 5.85. The summed E-state index contributed by atoms with van der Waals surface area (Å²) in [7, 11) is -0.370. The highest BCUT2D eigenvalue weighted by Gasteiger charge is 2.30. The van der Waals surface area contributed by atoms with Gasteiger partial charge in [0.1, 0.15) is 11.5 Å². The zero-order valence-electron chi connectivity index (χ0n) is 7.78. The molecular formula is C8H14O4S. The van der Waals surface area contributed by atoms with E-state index in [9.17, 15) is 14.7 Å². The first-order chi connectivity index (χ1) is 6.02. The van der Waals surface area contributed by atoms with Crippen molar-refractivity contribution in [1.82, 2.24) is 0 Å². The van der Waals surface area contributed by atoms with Crippen molar-refractivity contribution in [2.75, 3.05) is 11.5 Å². The van der Waals surface area contributed by atoms with E-state index < -0.39 is 17.2 Å². The van der Waals surface area contributed by atoms with Gasteiger partial charge in [0.15, 0.2) is 5.25 Å². The molecule has 0 bridgehead atoms. The van der Waals surface area contributed by atoms with Crippen LogP contribution in [0.15, 0.2) is 0 Å². The lowest BCUT2D eigenvalue weighted by atomic mass is 10.3. The van der Waals surface area contributed by atoms with E-state index in [4.69, 9.17) is 5.11 Å². The van der Waals surface area contributed by atoms with Crippen LogP contribution < -0.4 is 5.11 Å². The van der Waals surface area contributed by atoms with Gasteiger partial charge in [0.2, 0.25) is 0 Å². The fraction of sp³-hybridized carbons (Fsp3) is 0.750. The summed E-state index contributed by atoms with van der Waals surface area (Å²) in [4.78, 5) is 21.0. The minimum Gasteiger partial charge on any atom is -0.545 e. The Balaban J connectivity index is 4.38. The van der Waals surface area contributed by atoms with Gasteiger partial charge in [-0.2, -0.15) is 0 Å². The Labute approximate surface area is 80.3 Å². The number of carboxylic acid groups (broad SMARTS) is 2. The van der Waals surface area contributed by atoms with Crippen LogP contribution in [0.4, 0.5) is 0 Å². The molecule has 0 radical (unpaired) electrons. The highest BCUT2D eigenvalue weighted by molar-refractivity contribution is 7.98. The quantitative estimate of drug-likeness (QED) is 0.579. The van der Waals surface area contributed by atoms with Crippen molar-refractivity contribution in [2.24, 2.45) is 0 Å². The minimum absolute atomic E-state index is 0.326. The van der Waals surface area contributed by atoms with Gasteiger partial charge in [0, 0.05) is 0 Å². The number of carbonyl (C=O) groups excluding carboxylic acids is 1. The Morgan fingerprint density at radius 3 is 2.08 bits per heavy atom. The molecule has 0 saturated carbocycles. The summed E-state index contributed by atoms with van der Waals surface area (Å²) in [5, 5.41) is 18.3. The lowest BCUT2D eigenvalue weighted by molar-refractivity contribution is -0.305. The third-order valence-electron chi connectivity index (χ3n) is 1.77. The number of carbonyl (C=O) groups is 2. The van der Waals surface area contributed by atoms with Gasteiger partial charge in [-0.05, 0) is 24.7 Å². The second-order valence-corrected chi connectivity index (χ2v) is 5.32. The molecule has 0 aromatic carbocycles. The first-order valence-corrected chi connectivity index (χ1v) is 5.74. The van der Waals surface area contributed by atoms with E-state index in [0.29, 0.717) is 11.5 Å². The first-order valence-electron chi connectivity index (χ1n) is 4.11. The van der Waals surface area contributed by atoms with E-state index in [1.54, 1.807) is 0 Å². The van der Waals surface area contributed by atoms with Crippen molar-refractivity contribution in [3.05, 3.63) is 0 Å². The van der Waals surface area contributed by atoms with Crippen molar-refractivity contribution in [3.8, 4) is 0 Å². The molecule has 0 heterocycles. The third-order valence-corrected chi connectivity index (χ3v) is 4.41. The van der Waals surface area contributed by atoms with Gasteiger partial charge in [-0.15, -0.1) is 0 Å². The van der Waals surface area contributed by atoms with Gasteiger partial charge in [0.25, 0.3) is 0 Å². The van der Waals surface area contributed by atoms with Crippen LogP contribution in [0.1, 0.15) is 20.3 Å². The Hall–Kier alpha value is -0.710. The average molecular weight is 206 g/mol. The van der Waals surface area contributed by atoms with E-state index in [2.05, 4.69) is 0 Å². The molecule has 0 amide bonds. The molecule has 0 aromatic rings. The molecule has 4 nitrogen and oxygen atoms in total. The maximum atomic E-state index is 10.6.